The first kappa shape index (κ1) is 13.0. The van der Waals surface area contributed by atoms with E-state index in [4.69, 9.17) is 10.5 Å². The highest BCUT2D eigenvalue weighted by Crippen LogP contribution is 2.22. The molecule has 0 aliphatic heterocycles. The van der Waals surface area contributed by atoms with E-state index in [1.807, 2.05) is 24.3 Å². The van der Waals surface area contributed by atoms with E-state index in [-0.39, 0.29) is 5.91 Å². The third-order valence-corrected chi connectivity index (χ3v) is 3.12. The van der Waals surface area contributed by atoms with Crippen LogP contribution >= 0.6 is 0 Å². The summed E-state index contributed by atoms with van der Waals surface area (Å²) in [6.45, 7) is 0. The van der Waals surface area contributed by atoms with Crippen LogP contribution in [0.5, 0.6) is 5.75 Å². The number of ether oxygens (including phenoxy) is 1. The molecule has 0 unspecified atom stereocenters. The molecule has 6 nitrogen and oxygen atoms in total. The fraction of sp³-hybridized carbons (Fsp3) is 0.0667. The molecule has 1 aromatic heterocycles. The third-order valence-electron chi connectivity index (χ3n) is 3.12. The van der Waals surface area contributed by atoms with E-state index < -0.39 is 0 Å². The van der Waals surface area contributed by atoms with E-state index in [2.05, 4.69) is 15.3 Å². The smallest absolute Gasteiger partial charge is 0.258 e. The van der Waals surface area contributed by atoms with Crippen LogP contribution in [-0.2, 0) is 0 Å². The number of imidazole rings is 1. The van der Waals surface area contributed by atoms with E-state index in [0.717, 1.165) is 11.0 Å². The zero-order valence-electron chi connectivity index (χ0n) is 11.4. The molecule has 0 saturated heterocycles. The van der Waals surface area contributed by atoms with Crippen molar-refractivity contribution in [3.63, 3.8) is 0 Å². The number of anilines is 2. The summed E-state index contributed by atoms with van der Waals surface area (Å²) in [5.74, 6) is 0.580. The molecule has 0 fully saturated rings. The van der Waals surface area contributed by atoms with Gasteiger partial charge in [-0.2, -0.15) is 0 Å². The molecule has 3 rings (SSSR count). The lowest BCUT2D eigenvalue weighted by Crippen LogP contribution is -2.13. The standard InChI is InChI=1S/C15H14N4O2/c1-21-13-8-9(6-7-10(13)16)14(20)19-15-17-11-4-2-3-5-12(11)18-15/h2-8H,16H2,1H3,(H2,17,18,19,20). The van der Waals surface area contributed by atoms with E-state index in [1.165, 1.54) is 7.11 Å². The lowest BCUT2D eigenvalue weighted by molar-refractivity contribution is 0.102. The molecule has 0 spiro atoms. The van der Waals surface area contributed by atoms with Crippen LogP contribution in [0.1, 0.15) is 10.4 Å². The Morgan fingerprint density at radius 3 is 2.86 bits per heavy atom. The first-order chi connectivity index (χ1) is 10.2. The van der Waals surface area contributed by atoms with Crippen molar-refractivity contribution >= 4 is 28.6 Å². The molecule has 1 heterocycles. The number of hydrogen-bond donors (Lipinski definition) is 3. The number of methoxy groups -OCH3 is 1. The van der Waals surface area contributed by atoms with E-state index in [9.17, 15) is 4.79 Å². The molecule has 1 amide bonds. The summed E-state index contributed by atoms with van der Waals surface area (Å²) >= 11 is 0. The molecule has 0 atom stereocenters. The van der Waals surface area contributed by atoms with Gasteiger partial charge in [0, 0.05) is 5.56 Å². The van der Waals surface area contributed by atoms with Gasteiger partial charge in [0.25, 0.3) is 5.91 Å². The minimum atomic E-state index is -0.285. The quantitative estimate of drug-likeness (QED) is 0.643. The number of nitrogen functional groups attached to an aromatic ring is 1. The van der Waals surface area contributed by atoms with Crippen LogP contribution in [0.3, 0.4) is 0 Å². The maximum Gasteiger partial charge on any atom is 0.258 e. The summed E-state index contributed by atoms with van der Waals surface area (Å²) in [4.78, 5) is 19.5. The first-order valence-electron chi connectivity index (χ1n) is 6.37. The lowest BCUT2D eigenvalue weighted by atomic mass is 10.2. The average Bonchev–Trinajstić information content (AvgIpc) is 2.89. The number of amides is 1. The summed E-state index contributed by atoms with van der Waals surface area (Å²) in [5, 5.41) is 2.72. The second kappa shape index (κ2) is 5.16. The summed E-state index contributed by atoms with van der Waals surface area (Å²) < 4.78 is 5.11. The largest absolute Gasteiger partial charge is 0.495 e. The fourth-order valence-corrected chi connectivity index (χ4v) is 2.04. The van der Waals surface area contributed by atoms with Gasteiger partial charge in [0.05, 0.1) is 23.8 Å². The number of nitrogens with one attached hydrogen (secondary N) is 2. The Kier molecular flexibility index (Phi) is 3.19. The van der Waals surface area contributed by atoms with Gasteiger partial charge in [0.15, 0.2) is 0 Å². The van der Waals surface area contributed by atoms with Gasteiger partial charge in [-0.25, -0.2) is 4.98 Å². The molecule has 21 heavy (non-hydrogen) atoms. The number of aromatic amines is 1. The third kappa shape index (κ3) is 2.51. The minimum absolute atomic E-state index is 0.285. The Morgan fingerprint density at radius 2 is 2.10 bits per heavy atom. The number of fused-ring (bicyclic) bond motifs is 1. The molecular weight excluding hydrogens is 268 g/mol. The van der Waals surface area contributed by atoms with Crippen LogP contribution < -0.4 is 15.8 Å². The highest BCUT2D eigenvalue weighted by atomic mass is 16.5. The summed E-state index contributed by atoms with van der Waals surface area (Å²) in [6, 6.07) is 12.4. The van der Waals surface area contributed by atoms with Crippen LogP contribution in [0.2, 0.25) is 0 Å². The van der Waals surface area contributed by atoms with Crippen LogP contribution in [0.4, 0.5) is 11.6 Å². The zero-order valence-corrected chi connectivity index (χ0v) is 11.4. The number of nitrogens with zero attached hydrogens (tertiary/aromatic N) is 1. The number of aromatic nitrogens is 2. The summed E-state index contributed by atoms with van der Waals surface area (Å²) in [7, 11) is 1.51. The number of H-pyrrole nitrogens is 1. The first-order valence-corrected chi connectivity index (χ1v) is 6.37. The summed E-state index contributed by atoms with van der Waals surface area (Å²) in [5.41, 5.74) is 8.32. The van der Waals surface area contributed by atoms with E-state index >= 15 is 0 Å². The Labute approximate surface area is 120 Å². The second-order valence-electron chi connectivity index (χ2n) is 4.51. The second-order valence-corrected chi connectivity index (χ2v) is 4.51. The van der Waals surface area contributed by atoms with Gasteiger partial charge in [-0.3, -0.25) is 10.1 Å². The average molecular weight is 282 g/mol. The number of hydrogen-bond acceptors (Lipinski definition) is 4. The minimum Gasteiger partial charge on any atom is -0.495 e. The van der Waals surface area contributed by atoms with Crippen molar-refractivity contribution in [2.24, 2.45) is 0 Å². The fourth-order valence-electron chi connectivity index (χ4n) is 2.04. The van der Waals surface area contributed by atoms with E-state index in [1.54, 1.807) is 18.2 Å². The van der Waals surface area contributed by atoms with Gasteiger partial charge in [0.1, 0.15) is 5.75 Å². The van der Waals surface area contributed by atoms with Gasteiger partial charge in [-0.1, -0.05) is 12.1 Å². The van der Waals surface area contributed by atoms with E-state index in [0.29, 0.717) is 22.9 Å². The van der Waals surface area contributed by atoms with Crippen LogP contribution in [0.25, 0.3) is 11.0 Å². The monoisotopic (exact) mass is 282 g/mol. The molecule has 0 bridgehead atoms. The maximum absolute atomic E-state index is 12.2. The number of nitrogens with two attached hydrogens (primary N) is 1. The molecule has 0 radical (unpaired) electrons. The molecule has 0 saturated carbocycles. The number of carbonyl (C=O) groups excluding carboxylic acids is 1. The Balaban J connectivity index is 1.85. The topological polar surface area (TPSA) is 93.0 Å². The van der Waals surface area contributed by atoms with Crippen molar-refractivity contribution in [1.29, 1.82) is 0 Å². The Hall–Kier alpha value is -3.02. The van der Waals surface area contributed by atoms with Crippen LogP contribution in [0.15, 0.2) is 42.5 Å². The molecule has 6 heteroatoms. The van der Waals surface area contributed by atoms with Crippen molar-refractivity contribution in [2.75, 3.05) is 18.2 Å². The predicted octanol–water partition coefficient (Wildman–Crippen LogP) is 2.41. The molecule has 0 aliphatic carbocycles. The highest BCUT2D eigenvalue weighted by Gasteiger charge is 2.11. The van der Waals surface area contributed by atoms with Gasteiger partial charge in [0.2, 0.25) is 5.95 Å². The number of benzene rings is 2. The Bertz CT molecular complexity index is 777. The lowest BCUT2D eigenvalue weighted by Gasteiger charge is -2.07. The SMILES string of the molecule is COc1cc(C(=O)Nc2nc3ccccc3[nH]2)ccc1N. The van der Waals surface area contributed by atoms with Crippen molar-refractivity contribution in [1.82, 2.24) is 9.97 Å². The normalized spacial score (nSPS) is 10.5. The highest BCUT2D eigenvalue weighted by molar-refractivity contribution is 6.04. The zero-order chi connectivity index (χ0) is 14.8. The van der Waals surface area contributed by atoms with Crippen molar-refractivity contribution in [3.05, 3.63) is 48.0 Å². The van der Waals surface area contributed by atoms with Crippen LogP contribution in [-0.4, -0.2) is 23.0 Å². The summed E-state index contributed by atoms with van der Waals surface area (Å²) in [6.07, 6.45) is 0. The molecule has 3 aromatic rings. The van der Waals surface area contributed by atoms with Crippen LogP contribution in [0, 0.1) is 0 Å². The predicted molar refractivity (Wildman–Crippen MR) is 81.5 cm³/mol. The molecule has 106 valence electrons. The maximum atomic E-state index is 12.2. The van der Waals surface area contributed by atoms with Crippen molar-refractivity contribution in [3.8, 4) is 5.75 Å². The van der Waals surface area contributed by atoms with Crippen molar-refractivity contribution < 1.29 is 9.53 Å². The number of rotatable bonds is 3. The van der Waals surface area contributed by atoms with Crippen molar-refractivity contribution in [2.45, 2.75) is 0 Å². The number of carbonyl (C=O) groups is 1. The van der Waals surface area contributed by atoms with Gasteiger partial charge in [-0.05, 0) is 30.3 Å². The number of para-hydroxylation sites is 2. The van der Waals surface area contributed by atoms with Gasteiger partial charge >= 0.3 is 0 Å². The molecular formula is C15H14N4O2. The van der Waals surface area contributed by atoms with Gasteiger partial charge in [-0.15, -0.1) is 0 Å². The Morgan fingerprint density at radius 1 is 1.29 bits per heavy atom. The van der Waals surface area contributed by atoms with Gasteiger partial charge < -0.3 is 15.5 Å². The molecule has 2 aromatic carbocycles. The molecule has 4 N–H and O–H groups in total. The molecule has 0 aliphatic rings.